The Morgan fingerprint density at radius 3 is 2.65 bits per heavy atom. The average molecular weight is 353 g/mol. The van der Waals surface area contributed by atoms with Gasteiger partial charge < -0.3 is 5.11 Å². The van der Waals surface area contributed by atoms with Crippen LogP contribution in [0.3, 0.4) is 0 Å². The van der Waals surface area contributed by atoms with Crippen LogP contribution >= 0.6 is 34.5 Å². The monoisotopic (exact) mass is 352 g/mol. The number of aromatic nitrogens is 1. The summed E-state index contributed by atoms with van der Waals surface area (Å²) in [7, 11) is -3.80. The maximum atomic E-state index is 12.2. The van der Waals surface area contributed by atoms with Gasteiger partial charge in [0.2, 0.25) is 10.0 Å². The van der Waals surface area contributed by atoms with Crippen molar-refractivity contribution >= 4 is 44.6 Å². The second-order valence-corrected chi connectivity index (χ2v) is 7.10. The standard InChI is InChI=1S/C11H10Cl2N2O3S2/c12-9-2-10(13)11(1-7(9)4-16)20(17,18)15-3-8-5-19-6-14-8/h1-2,5-6,15-16H,3-4H2. The first-order chi connectivity index (χ1) is 9.44. The zero-order chi connectivity index (χ0) is 14.8. The third kappa shape index (κ3) is 3.49. The number of hydrogen-bond acceptors (Lipinski definition) is 5. The number of nitrogens with zero attached hydrogens (tertiary/aromatic N) is 1. The van der Waals surface area contributed by atoms with Gasteiger partial charge >= 0.3 is 0 Å². The molecule has 2 rings (SSSR count). The van der Waals surface area contributed by atoms with E-state index in [2.05, 4.69) is 9.71 Å². The molecule has 1 aromatic heterocycles. The molecule has 0 spiro atoms. The fourth-order valence-corrected chi connectivity index (χ4v) is 3.88. The molecular weight excluding hydrogens is 343 g/mol. The van der Waals surface area contributed by atoms with Gasteiger partial charge in [0.15, 0.2) is 0 Å². The Hall–Kier alpha value is -0.700. The van der Waals surface area contributed by atoms with E-state index in [1.165, 1.54) is 23.5 Å². The zero-order valence-electron chi connectivity index (χ0n) is 10.0. The van der Waals surface area contributed by atoms with Crippen LogP contribution in [-0.2, 0) is 23.2 Å². The quantitative estimate of drug-likeness (QED) is 0.865. The summed E-state index contributed by atoms with van der Waals surface area (Å²) in [5.74, 6) is 0. The first-order valence-corrected chi connectivity index (χ1v) is 8.57. The van der Waals surface area contributed by atoms with Crippen LogP contribution in [0.1, 0.15) is 11.3 Å². The third-order valence-corrected chi connectivity index (χ3v) is 5.34. The van der Waals surface area contributed by atoms with Crippen LogP contribution in [0.5, 0.6) is 0 Å². The summed E-state index contributed by atoms with van der Waals surface area (Å²) in [5, 5.41) is 11.1. The Morgan fingerprint density at radius 1 is 1.30 bits per heavy atom. The Bertz CT molecular complexity index is 703. The maximum Gasteiger partial charge on any atom is 0.242 e. The fraction of sp³-hybridized carbons (Fsp3) is 0.182. The van der Waals surface area contributed by atoms with Gasteiger partial charge in [-0.2, -0.15) is 0 Å². The second kappa shape index (κ2) is 6.38. The van der Waals surface area contributed by atoms with Crippen LogP contribution in [-0.4, -0.2) is 18.5 Å². The SMILES string of the molecule is O=S(=O)(NCc1cscn1)c1cc(CO)c(Cl)cc1Cl. The highest BCUT2D eigenvalue weighted by Gasteiger charge is 2.20. The molecule has 108 valence electrons. The van der Waals surface area contributed by atoms with Crippen LogP contribution in [0.2, 0.25) is 10.0 Å². The van der Waals surface area contributed by atoms with Gasteiger partial charge in [-0.05, 0) is 17.7 Å². The van der Waals surface area contributed by atoms with Crippen molar-refractivity contribution < 1.29 is 13.5 Å². The summed E-state index contributed by atoms with van der Waals surface area (Å²) in [5.41, 5.74) is 2.53. The maximum absolute atomic E-state index is 12.2. The smallest absolute Gasteiger partial charge is 0.242 e. The van der Waals surface area contributed by atoms with Crippen LogP contribution < -0.4 is 4.72 Å². The Kier molecular flexibility index (Phi) is 5.00. The summed E-state index contributed by atoms with van der Waals surface area (Å²) < 4.78 is 26.8. The molecule has 0 radical (unpaired) electrons. The minimum atomic E-state index is -3.80. The number of benzene rings is 1. The van der Waals surface area contributed by atoms with Gasteiger partial charge in [0.05, 0.1) is 29.4 Å². The molecule has 2 aromatic rings. The minimum Gasteiger partial charge on any atom is -0.392 e. The van der Waals surface area contributed by atoms with Crippen molar-refractivity contribution in [3.05, 3.63) is 44.3 Å². The van der Waals surface area contributed by atoms with Crippen LogP contribution in [0, 0.1) is 0 Å². The summed E-state index contributed by atoms with van der Waals surface area (Å²) in [6.07, 6.45) is 0. The predicted octanol–water partition coefficient (Wildman–Crippen LogP) is 2.42. The highest BCUT2D eigenvalue weighted by molar-refractivity contribution is 7.89. The van der Waals surface area contributed by atoms with Gasteiger partial charge in [-0.15, -0.1) is 11.3 Å². The number of halogens is 2. The fourth-order valence-electron chi connectivity index (χ4n) is 1.47. The second-order valence-electron chi connectivity index (χ2n) is 3.84. The lowest BCUT2D eigenvalue weighted by Crippen LogP contribution is -2.24. The van der Waals surface area contributed by atoms with E-state index in [0.29, 0.717) is 11.3 Å². The van der Waals surface area contributed by atoms with Gasteiger partial charge in [0, 0.05) is 10.4 Å². The molecule has 0 aliphatic carbocycles. The van der Waals surface area contributed by atoms with E-state index in [1.807, 2.05) is 0 Å². The molecular formula is C11H10Cl2N2O3S2. The number of nitrogens with one attached hydrogen (secondary N) is 1. The summed E-state index contributed by atoms with van der Waals surface area (Å²) in [6.45, 7) is -0.302. The molecule has 0 unspecified atom stereocenters. The van der Waals surface area contributed by atoms with E-state index < -0.39 is 10.0 Å². The highest BCUT2D eigenvalue weighted by atomic mass is 35.5. The molecule has 1 heterocycles. The Balaban J connectivity index is 2.29. The van der Waals surface area contributed by atoms with E-state index in [9.17, 15) is 8.42 Å². The lowest BCUT2D eigenvalue weighted by molar-refractivity contribution is 0.281. The van der Waals surface area contributed by atoms with Crippen LogP contribution in [0.25, 0.3) is 0 Å². The van der Waals surface area contributed by atoms with Crippen molar-refractivity contribution in [2.45, 2.75) is 18.0 Å². The molecule has 5 nitrogen and oxygen atoms in total. The average Bonchev–Trinajstić information content (AvgIpc) is 2.89. The number of hydrogen-bond donors (Lipinski definition) is 2. The van der Waals surface area contributed by atoms with Crippen molar-refractivity contribution in [2.24, 2.45) is 0 Å². The number of aliphatic hydroxyl groups is 1. The Labute approximate surface area is 130 Å². The predicted molar refractivity (Wildman–Crippen MR) is 78.5 cm³/mol. The van der Waals surface area contributed by atoms with Crippen LogP contribution in [0.15, 0.2) is 27.9 Å². The van der Waals surface area contributed by atoms with E-state index in [0.717, 1.165) is 0 Å². The van der Waals surface area contributed by atoms with Gasteiger partial charge in [0.25, 0.3) is 0 Å². The molecule has 0 amide bonds. The first kappa shape index (κ1) is 15.7. The summed E-state index contributed by atoms with van der Waals surface area (Å²) in [4.78, 5) is 3.86. The van der Waals surface area contributed by atoms with Crippen molar-refractivity contribution in [1.29, 1.82) is 0 Å². The highest BCUT2D eigenvalue weighted by Crippen LogP contribution is 2.28. The van der Waals surface area contributed by atoms with E-state index in [1.54, 1.807) is 10.9 Å². The topological polar surface area (TPSA) is 79.3 Å². The molecule has 0 saturated heterocycles. The zero-order valence-corrected chi connectivity index (χ0v) is 13.2. The molecule has 9 heteroatoms. The van der Waals surface area contributed by atoms with Crippen LogP contribution in [0.4, 0.5) is 0 Å². The van der Waals surface area contributed by atoms with E-state index in [4.69, 9.17) is 28.3 Å². The number of sulfonamides is 1. The number of aliphatic hydroxyl groups excluding tert-OH is 1. The first-order valence-electron chi connectivity index (χ1n) is 5.39. The van der Waals surface area contributed by atoms with E-state index in [-0.39, 0.29) is 28.1 Å². The minimum absolute atomic E-state index is 0.00187. The molecule has 1 aromatic carbocycles. The summed E-state index contributed by atoms with van der Waals surface area (Å²) >= 11 is 13.1. The molecule has 0 aliphatic rings. The molecule has 20 heavy (non-hydrogen) atoms. The van der Waals surface area contributed by atoms with Gasteiger partial charge in [-0.1, -0.05) is 23.2 Å². The molecule has 2 N–H and O–H groups in total. The Morgan fingerprint density at radius 2 is 2.05 bits per heavy atom. The van der Waals surface area contributed by atoms with Crippen molar-refractivity contribution in [1.82, 2.24) is 9.71 Å². The lowest BCUT2D eigenvalue weighted by atomic mass is 10.2. The molecule has 0 bridgehead atoms. The molecule has 0 saturated carbocycles. The number of rotatable bonds is 5. The van der Waals surface area contributed by atoms with Crippen molar-refractivity contribution in [3.63, 3.8) is 0 Å². The molecule has 0 fully saturated rings. The summed E-state index contributed by atoms with van der Waals surface area (Å²) in [6, 6.07) is 2.56. The molecule has 0 aliphatic heterocycles. The normalized spacial score (nSPS) is 11.8. The number of thiazole rings is 1. The largest absolute Gasteiger partial charge is 0.392 e. The van der Waals surface area contributed by atoms with Gasteiger partial charge in [0.1, 0.15) is 4.90 Å². The van der Waals surface area contributed by atoms with Gasteiger partial charge in [-0.3, -0.25) is 0 Å². The lowest BCUT2D eigenvalue weighted by Gasteiger charge is -2.10. The molecule has 0 atom stereocenters. The van der Waals surface area contributed by atoms with Crippen molar-refractivity contribution in [3.8, 4) is 0 Å². The third-order valence-electron chi connectivity index (χ3n) is 2.49. The van der Waals surface area contributed by atoms with E-state index >= 15 is 0 Å². The van der Waals surface area contributed by atoms with Gasteiger partial charge in [-0.25, -0.2) is 18.1 Å². The van der Waals surface area contributed by atoms with Crippen molar-refractivity contribution in [2.75, 3.05) is 0 Å².